The fourth-order valence-electron chi connectivity index (χ4n) is 4.11. The molecule has 4 aromatic rings. The van der Waals surface area contributed by atoms with Gasteiger partial charge in [0, 0.05) is 37.9 Å². The van der Waals surface area contributed by atoms with E-state index in [1.807, 2.05) is 54.7 Å². The molecule has 3 aromatic heterocycles. The van der Waals surface area contributed by atoms with Gasteiger partial charge in [-0.25, -0.2) is 9.97 Å². The maximum absolute atomic E-state index is 12.6. The van der Waals surface area contributed by atoms with Crippen molar-refractivity contribution in [3.63, 3.8) is 0 Å². The van der Waals surface area contributed by atoms with Crippen LogP contribution < -0.4 is 10.2 Å². The fourth-order valence-corrected chi connectivity index (χ4v) is 4.11. The van der Waals surface area contributed by atoms with Crippen molar-refractivity contribution in [2.75, 3.05) is 18.0 Å². The summed E-state index contributed by atoms with van der Waals surface area (Å²) < 4.78 is 2.14. The van der Waals surface area contributed by atoms with Crippen molar-refractivity contribution in [3.8, 4) is 0 Å². The SMILES string of the molecule is O=C(NCc1ccccc1)C1CCN(c2nc3ncccc3n3cccc23)CC1. The number of nitrogens with one attached hydrogen (secondary N) is 1. The van der Waals surface area contributed by atoms with Crippen molar-refractivity contribution >= 4 is 28.4 Å². The van der Waals surface area contributed by atoms with Crippen LogP contribution in [0.15, 0.2) is 67.0 Å². The van der Waals surface area contributed by atoms with Gasteiger partial charge in [-0.2, -0.15) is 0 Å². The number of aromatic nitrogens is 3. The van der Waals surface area contributed by atoms with Crippen LogP contribution in [0.1, 0.15) is 18.4 Å². The molecule has 0 spiro atoms. The van der Waals surface area contributed by atoms with Gasteiger partial charge in [0.2, 0.25) is 5.91 Å². The molecule has 5 rings (SSSR count). The largest absolute Gasteiger partial charge is 0.355 e. The molecule has 1 amide bonds. The van der Waals surface area contributed by atoms with E-state index in [1.165, 1.54) is 0 Å². The summed E-state index contributed by atoms with van der Waals surface area (Å²) in [6, 6.07) is 18.1. The Morgan fingerprint density at radius 2 is 1.79 bits per heavy atom. The summed E-state index contributed by atoms with van der Waals surface area (Å²) in [7, 11) is 0. The molecule has 1 aromatic carbocycles. The molecule has 146 valence electrons. The zero-order valence-corrected chi connectivity index (χ0v) is 16.2. The average molecular weight is 385 g/mol. The lowest BCUT2D eigenvalue weighted by Crippen LogP contribution is -2.40. The molecule has 1 N–H and O–H groups in total. The molecule has 4 heterocycles. The van der Waals surface area contributed by atoms with Crippen LogP contribution in [0.25, 0.3) is 16.7 Å². The Hall–Kier alpha value is -3.41. The summed E-state index contributed by atoms with van der Waals surface area (Å²) >= 11 is 0. The van der Waals surface area contributed by atoms with E-state index in [1.54, 1.807) is 6.20 Å². The third-order valence-corrected chi connectivity index (χ3v) is 5.69. The van der Waals surface area contributed by atoms with Crippen molar-refractivity contribution in [3.05, 3.63) is 72.6 Å². The lowest BCUT2D eigenvalue weighted by molar-refractivity contribution is -0.125. The number of carbonyl (C=O) groups is 1. The molecule has 1 aliphatic rings. The molecule has 0 bridgehead atoms. The van der Waals surface area contributed by atoms with Crippen molar-refractivity contribution in [1.82, 2.24) is 19.7 Å². The number of rotatable bonds is 4. The maximum Gasteiger partial charge on any atom is 0.223 e. The van der Waals surface area contributed by atoms with Gasteiger partial charge in [0.25, 0.3) is 0 Å². The third-order valence-electron chi connectivity index (χ3n) is 5.69. The zero-order valence-electron chi connectivity index (χ0n) is 16.2. The molecule has 0 radical (unpaired) electrons. The molecule has 1 aliphatic heterocycles. The van der Waals surface area contributed by atoms with E-state index in [9.17, 15) is 4.79 Å². The topological polar surface area (TPSA) is 62.5 Å². The molecule has 1 saturated heterocycles. The number of benzene rings is 1. The highest BCUT2D eigenvalue weighted by molar-refractivity contribution is 5.83. The number of hydrogen-bond acceptors (Lipinski definition) is 4. The van der Waals surface area contributed by atoms with Crippen LogP contribution in [-0.4, -0.2) is 33.4 Å². The summed E-state index contributed by atoms with van der Waals surface area (Å²) in [6.45, 7) is 2.22. The summed E-state index contributed by atoms with van der Waals surface area (Å²) in [4.78, 5) is 24.2. The summed E-state index contributed by atoms with van der Waals surface area (Å²) in [5.74, 6) is 1.15. The first-order chi connectivity index (χ1) is 14.3. The molecule has 0 unspecified atom stereocenters. The predicted octanol–water partition coefficient (Wildman–Crippen LogP) is 3.42. The summed E-state index contributed by atoms with van der Waals surface area (Å²) in [6.07, 6.45) is 5.48. The highest BCUT2D eigenvalue weighted by atomic mass is 16.1. The summed E-state index contributed by atoms with van der Waals surface area (Å²) in [5, 5.41) is 3.09. The number of hydrogen-bond donors (Lipinski definition) is 1. The molecule has 29 heavy (non-hydrogen) atoms. The highest BCUT2D eigenvalue weighted by Crippen LogP contribution is 2.28. The number of piperidine rings is 1. The number of fused-ring (bicyclic) bond motifs is 3. The van der Waals surface area contributed by atoms with Gasteiger partial charge in [-0.3, -0.25) is 4.79 Å². The van der Waals surface area contributed by atoms with Gasteiger partial charge in [0.05, 0.1) is 11.0 Å². The summed E-state index contributed by atoms with van der Waals surface area (Å²) in [5.41, 5.74) is 3.96. The number of pyridine rings is 1. The average Bonchev–Trinajstić information content (AvgIpc) is 3.28. The standard InChI is InChI=1S/C23H23N5O/c29-23(25-16-17-6-2-1-3-7-17)18-10-14-27(15-11-18)22-20-9-5-13-28(20)19-8-4-12-24-21(19)26-22/h1-9,12-13,18H,10-11,14-16H2,(H,25,29). The number of carbonyl (C=O) groups excluding carboxylic acids is 1. The van der Waals surface area contributed by atoms with Crippen LogP contribution >= 0.6 is 0 Å². The minimum Gasteiger partial charge on any atom is -0.355 e. The zero-order chi connectivity index (χ0) is 19.6. The van der Waals surface area contributed by atoms with Gasteiger partial charge >= 0.3 is 0 Å². The Morgan fingerprint density at radius 1 is 1.00 bits per heavy atom. The minimum atomic E-state index is 0.0522. The molecule has 6 nitrogen and oxygen atoms in total. The Kier molecular flexibility index (Phi) is 4.60. The Labute approximate surface area is 169 Å². The second kappa shape index (κ2) is 7.54. The first kappa shape index (κ1) is 17.7. The van der Waals surface area contributed by atoms with E-state index in [2.05, 4.69) is 25.7 Å². The molecular weight excluding hydrogens is 362 g/mol. The van der Waals surface area contributed by atoms with Crippen molar-refractivity contribution in [1.29, 1.82) is 0 Å². The van der Waals surface area contributed by atoms with Gasteiger partial charge in [0.1, 0.15) is 0 Å². The second-order valence-corrected chi connectivity index (χ2v) is 7.51. The fraction of sp³-hybridized carbons (Fsp3) is 0.261. The van der Waals surface area contributed by atoms with Crippen LogP contribution in [-0.2, 0) is 11.3 Å². The maximum atomic E-state index is 12.6. The quantitative estimate of drug-likeness (QED) is 0.585. The lowest BCUT2D eigenvalue weighted by atomic mass is 9.95. The van der Waals surface area contributed by atoms with E-state index in [0.717, 1.165) is 54.0 Å². The van der Waals surface area contributed by atoms with Crippen LogP contribution in [0.5, 0.6) is 0 Å². The van der Waals surface area contributed by atoms with Crippen LogP contribution in [0.4, 0.5) is 5.82 Å². The molecule has 0 atom stereocenters. The van der Waals surface area contributed by atoms with Crippen LogP contribution in [0, 0.1) is 5.92 Å². The van der Waals surface area contributed by atoms with E-state index < -0.39 is 0 Å². The number of amides is 1. The smallest absolute Gasteiger partial charge is 0.223 e. The second-order valence-electron chi connectivity index (χ2n) is 7.51. The molecule has 0 aliphatic carbocycles. The molecule has 0 saturated carbocycles. The van der Waals surface area contributed by atoms with Crippen LogP contribution in [0.3, 0.4) is 0 Å². The molecular formula is C23H23N5O. The Balaban J connectivity index is 1.29. The van der Waals surface area contributed by atoms with E-state index in [0.29, 0.717) is 6.54 Å². The minimum absolute atomic E-state index is 0.0522. The number of anilines is 1. The molecule has 6 heteroatoms. The Bertz CT molecular complexity index is 1150. The van der Waals surface area contributed by atoms with E-state index in [4.69, 9.17) is 4.98 Å². The van der Waals surface area contributed by atoms with Crippen LogP contribution in [0.2, 0.25) is 0 Å². The van der Waals surface area contributed by atoms with E-state index in [-0.39, 0.29) is 11.8 Å². The van der Waals surface area contributed by atoms with Gasteiger partial charge in [-0.1, -0.05) is 30.3 Å². The van der Waals surface area contributed by atoms with Gasteiger partial charge < -0.3 is 14.6 Å². The van der Waals surface area contributed by atoms with Crippen molar-refractivity contribution in [2.45, 2.75) is 19.4 Å². The van der Waals surface area contributed by atoms with Gasteiger partial charge in [-0.05, 0) is 42.7 Å². The van der Waals surface area contributed by atoms with E-state index >= 15 is 0 Å². The first-order valence-electron chi connectivity index (χ1n) is 10.1. The predicted molar refractivity (Wildman–Crippen MR) is 114 cm³/mol. The van der Waals surface area contributed by atoms with Crippen molar-refractivity contribution < 1.29 is 4.79 Å². The molecule has 1 fully saturated rings. The van der Waals surface area contributed by atoms with Gasteiger partial charge in [0.15, 0.2) is 11.5 Å². The van der Waals surface area contributed by atoms with Crippen molar-refractivity contribution in [2.24, 2.45) is 5.92 Å². The normalized spacial score (nSPS) is 15.1. The van der Waals surface area contributed by atoms with Gasteiger partial charge in [-0.15, -0.1) is 0 Å². The first-order valence-corrected chi connectivity index (χ1v) is 10.1. The monoisotopic (exact) mass is 385 g/mol. The third kappa shape index (κ3) is 3.42. The number of nitrogens with zero attached hydrogens (tertiary/aromatic N) is 4. The highest BCUT2D eigenvalue weighted by Gasteiger charge is 2.26. The lowest BCUT2D eigenvalue weighted by Gasteiger charge is -2.32. The Morgan fingerprint density at radius 3 is 2.62 bits per heavy atom.